The Labute approximate surface area is 480 Å². The molecule has 9 nitrogen and oxygen atoms in total. The van der Waals surface area contributed by atoms with Gasteiger partial charge in [-0.3, -0.25) is 18.6 Å². The first-order valence-corrected chi connectivity index (χ1v) is 33.1. The standard InChI is InChI=1S/C68H118NO8P/c1-6-8-10-12-14-16-18-20-22-24-26-28-30-32-33-34-35-37-39-41-43-45-47-49-51-53-55-57-59-61-68(71)77-66(65-76-78(72,73)75-63-62-69(3,4)5)64-74-67(70)60-58-56-54-52-50-48-46-44-42-40-38-36-31-29-27-25-23-21-19-17-15-13-11-9-7-2/h8,10,14,16,19-22,25-28,31-33,35-37,66H,6-7,9,11-13,15,17-18,23-24,29-30,34,38-65H2,1-5H3/p+1/b10-8-,16-14-,21-19-,22-20-,27-25-,28-26-,33-32-,36-31-,37-35-. The molecule has 0 aromatic heterocycles. The number of hydrogen-bond donors (Lipinski definition) is 1. The smallest absolute Gasteiger partial charge is 0.462 e. The van der Waals surface area contributed by atoms with Crippen molar-refractivity contribution < 1.29 is 42.1 Å². The molecule has 2 unspecified atom stereocenters. The SMILES string of the molecule is CC/C=C\C/C=C\C/C=C\C/C=C\C/C=C\C/C=C\CCCCCCCCCCCCC(=O)OC(COC(=O)CCCCCCCCCCCC/C=C\C/C=C\C/C=C\CCCCCCC)COP(=O)(O)OCC[N+](C)(C)C. The van der Waals surface area contributed by atoms with E-state index in [-0.39, 0.29) is 32.0 Å². The first-order valence-electron chi connectivity index (χ1n) is 31.6. The zero-order valence-electron chi connectivity index (χ0n) is 50.9. The van der Waals surface area contributed by atoms with Gasteiger partial charge in [0, 0.05) is 12.8 Å². The molecule has 0 spiro atoms. The van der Waals surface area contributed by atoms with E-state index in [9.17, 15) is 19.0 Å². The molecule has 1 N–H and O–H groups in total. The zero-order chi connectivity index (χ0) is 57.0. The Morgan fingerprint density at radius 2 is 0.731 bits per heavy atom. The van der Waals surface area contributed by atoms with Gasteiger partial charge in [-0.1, -0.05) is 252 Å². The topological polar surface area (TPSA) is 108 Å². The van der Waals surface area contributed by atoms with Crippen LogP contribution >= 0.6 is 7.82 Å². The summed E-state index contributed by atoms with van der Waals surface area (Å²) >= 11 is 0. The fraction of sp³-hybridized carbons (Fsp3) is 0.706. The molecule has 10 heteroatoms. The highest BCUT2D eigenvalue weighted by molar-refractivity contribution is 7.47. The van der Waals surface area contributed by atoms with Crippen molar-refractivity contribution in [1.82, 2.24) is 0 Å². The van der Waals surface area contributed by atoms with E-state index in [2.05, 4.69) is 123 Å². The summed E-state index contributed by atoms with van der Waals surface area (Å²) in [6.45, 7) is 4.31. The van der Waals surface area contributed by atoms with E-state index < -0.39 is 26.5 Å². The van der Waals surface area contributed by atoms with Crippen molar-refractivity contribution in [2.75, 3.05) is 47.5 Å². The highest BCUT2D eigenvalue weighted by atomic mass is 31.2. The van der Waals surface area contributed by atoms with Gasteiger partial charge in [0.2, 0.25) is 0 Å². The molecule has 0 aliphatic heterocycles. The van der Waals surface area contributed by atoms with E-state index in [0.717, 1.165) is 96.3 Å². The Balaban J connectivity index is 4.17. The van der Waals surface area contributed by atoms with E-state index in [1.165, 1.54) is 128 Å². The lowest BCUT2D eigenvalue weighted by Crippen LogP contribution is -2.37. The summed E-state index contributed by atoms with van der Waals surface area (Å²) in [5.74, 6) is -0.808. The number of phosphoric ester groups is 1. The second-order valence-corrected chi connectivity index (χ2v) is 23.5. The van der Waals surface area contributed by atoms with E-state index >= 15 is 0 Å². The van der Waals surface area contributed by atoms with Gasteiger partial charge in [0.15, 0.2) is 6.10 Å². The van der Waals surface area contributed by atoms with E-state index in [1.54, 1.807) is 0 Å². The summed E-state index contributed by atoms with van der Waals surface area (Å²) in [5.41, 5.74) is 0. The number of rotatable bonds is 57. The van der Waals surface area contributed by atoms with Crippen molar-refractivity contribution in [2.24, 2.45) is 0 Å². The number of phosphoric acid groups is 1. The van der Waals surface area contributed by atoms with E-state index in [0.29, 0.717) is 17.4 Å². The molecule has 0 amide bonds. The van der Waals surface area contributed by atoms with Crippen molar-refractivity contribution in [3.05, 3.63) is 109 Å². The number of unbranched alkanes of at least 4 members (excludes halogenated alkanes) is 25. The molecule has 2 atom stereocenters. The molecular weight excluding hydrogens is 990 g/mol. The maximum atomic E-state index is 12.8. The second-order valence-electron chi connectivity index (χ2n) is 22.1. The average molecular weight is 1110 g/mol. The number of ether oxygens (including phenoxy) is 2. The van der Waals surface area contributed by atoms with Gasteiger partial charge in [0.25, 0.3) is 0 Å². The van der Waals surface area contributed by atoms with E-state index in [1.807, 2.05) is 21.1 Å². The van der Waals surface area contributed by atoms with Crippen LogP contribution < -0.4 is 0 Å². The minimum absolute atomic E-state index is 0.0251. The van der Waals surface area contributed by atoms with Crippen LogP contribution in [0.25, 0.3) is 0 Å². The maximum Gasteiger partial charge on any atom is 0.472 e. The number of allylic oxidation sites excluding steroid dienone is 18. The molecular formula is C68H119NO8P+. The Bertz CT molecular complexity index is 1680. The predicted octanol–water partition coefficient (Wildman–Crippen LogP) is 20.2. The van der Waals surface area contributed by atoms with Gasteiger partial charge in [-0.25, -0.2) is 4.57 Å². The van der Waals surface area contributed by atoms with Gasteiger partial charge in [-0.05, 0) is 103 Å². The van der Waals surface area contributed by atoms with Crippen molar-refractivity contribution in [1.29, 1.82) is 0 Å². The van der Waals surface area contributed by atoms with Crippen LogP contribution in [0.15, 0.2) is 109 Å². The molecule has 0 fully saturated rings. The summed E-state index contributed by atoms with van der Waals surface area (Å²) < 4.78 is 34.6. The molecule has 0 radical (unpaired) electrons. The van der Waals surface area contributed by atoms with Crippen LogP contribution in [0, 0.1) is 0 Å². The van der Waals surface area contributed by atoms with Crippen LogP contribution in [-0.2, 0) is 32.7 Å². The van der Waals surface area contributed by atoms with Crippen LogP contribution in [-0.4, -0.2) is 74.9 Å². The fourth-order valence-electron chi connectivity index (χ4n) is 8.44. The quantitative estimate of drug-likeness (QED) is 0.0211. The monoisotopic (exact) mass is 1110 g/mol. The fourth-order valence-corrected chi connectivity index (χ4v) is 9.18. The van der Waals surface area contributed by atoms with Gasteiger partial charge in [-0.2, -0.15) is 0 Å². The lowest BCUT2D eigenvalue weighted by molar-refractivity contribution is -0.870. The third-order valence-corrected chi connectivity index (χ3v) is 14.3. The van der Waals surface area contributed by atoms with E-state index in [4.69, 9.17) is 18.5 Å². The number of carbonyl (C=O) groups excluding carboxylic acids is 2. The summed E-state index contributed by atoms with van der Waals surface area (Å²) in [7, 11) is 1.46. The van der Waals surface area contributed by atoms with Crippen LogP contribution in [0.2, 0.25) is 0 Å². The molecule has 0 aromatic carbocycles. The van der Waals surface area contributed by atoms with Crippen LogP contribution in [0.5, 0.6) is 0 Å². The third kappa shape index (κ3) is 61.9. The highest BCUT2D eigenvalue weighted by Crippen LogP contribution is 2.43. The minimum Gasteiger partial charge on any atom is -0.462 e. The molecule has 0 saturated carbocycles. The molecule has 0 aromatic rings. The van der Waals surface area contributed by atoms with Gasteiger partial charge in [0.05, 0.1) is 27.7 Å². The molecule has 0 saturated heterocycles. The second kappa shape index (κ2) is 58.3. The Morgan fingerprint density at radius 3 is 1.09 bits per heavy atom. The highest BCUT2D eigenvalue weighted by Gasteiger charge is 2.27. The third-order valence-electron chi connectivity index (χ3n) is 13.3. The first kappa shape index (κ1) is 74.7. The van der Waals surface area contributed by atoms with Crippen molar-refractivity contribution in [2.45, 2.75) is 264 Å². The molecule has 0 aliphatic rings. The summed E-state index contributed by atoms with van der Waals surface area (Å²) in [4.78, 5) is 35.8. The molecule has 0 heterocycles. The number of esters is 2. The largest absolute Gasteiger partial charge is 0.472 e. The number of likely N-dealkylation sites (N-methyl/N-ethyl adjacent to an activating group) is 1. The molecule has 0 bridgehead atoms. The predicted molar refractivity (Wildman–Crippen MR) is 335 cm³/mol. The number of quaternary nitrogens is 1. The lowest BCUT2D eigenvalue weighted by Gasteiger charge is -2.24. The Kier molecular flexibility index (Phi) is 55.8. The van der Waals surface area contributed by atoms with Crippen LogP contribution in [0.3, 0.4) is 0 Å². The van der Waals surface area contributed by atoms with Gasteiger partial charge in [0.1, 0.15) is 19.8 Å². The van der Waals surface area contributed by atoms with Crippen molar-refractivity contribution in [3.8, 4) is 0 Å². The van der Waals surface area contributed by atoms with Gasteiger partial charge >= 0.3 is 19.8 Å². The van der Waals surface area contributed by atoms with Crippen LogP contribution in [0.4, 0.5) is 0 Å². The first-order chi connectivity index (χ1) is 38.0. The maximum absolute atomic E-state index is 12.8. The lowest BCUT2D eigenvalue weighted by atomic mass is 10.0. The van der Waals surface area contributed by atoms with Crippen molar-refractivity contribution in [3.63, 3.8) is 0 Å². The van der Waals surface area contributed by atoms with Gasteiger partial charge < -0.3 is 18.9 Å². The minimum atomic E-state index is -4.40. The Morgan fingerprint density at radius 1 is 0.410 bits per heavy atom. The summed E-state index contributed by atoms with van der Waals surface area (Å²) in [6.07, 6.45) is 81.6. The number of hydrogen-bond acceptors (Lipinski definition) is 7. The zero-order valence-corrected chi connectivity index (χ0v) is 51.8. The average Bonchev–Trinajstić information content (AvgIpc) is 3.41. The van der Waals surface area contributed by atoms with Crippen LogP contribution in [0.1, 0.15) is 258 Å². The molecule has 0 rings (SSSR count). The summed E-state index contributed by atoms with van der Waals surface area (Å²) in [5, 5.41) is 0. The molecule has 78 heavy (non-hydrogen) atoms. The Hall–Kier alpha value is -3.33. The molecule has 448 valence electrons. The summed E-state index contributed by atoms with van der Waals surface area (Å²) in [6, 6.07) is 0. The number of carbonyl (C=O) groups is 2. The number of nitrogens with zero attached hydrogens (tertiary/aromatic N) is 1. The molecule has 0 aliphatic carbocycles. The van der Waals surface area contributed by atoms with Crippen molar-refractivity contribution >= 4 is 19.8 Å². The normalized spacial score (nSPS) is 14.0. The van der Waals surface area contributed by atoms with Gasteiger partial charge in [-0.15, -0.1) is 0 Å².